The molecule has 0 spiro atoms. The number of carbonyl (C=O) groups is 2. The summed E-state index contributed by atoms with van der Waals surface area (Å²) < 4.78 is 0. The molecule has 2 aliphatic heterocycles. The predicted molar refractivity (Wildman–Crippen MR) is 149 cm³/mol. The summed E-state index contributed by atoms with van der Waals surface area (Å²) in [6.45, 7) is 3.85. The SMILES string of the molecule is CN1CCN(c2ccccc2NC(=O)[C@H]2c3ccccc3C(=O)N(C3CCCC3)[C@@H]2c2cccs2)CC1. The molecule has 1 aliphatic carbocycles. The summed E-state index contributed by atoms with van der Waals surface area (Å²) in [5, 5.41) is 5.37. The van der Waals surface area contributed by atoms with Crippen molar-refractivity contribution in [3.05, 3.63) is 82.0 Å². The highest BCUT2D eigenvalue weighted by atomic mass is 32.1. The van der Waals surface area contributed by atoms with Gasteiger partial charge >= 0.3 is 0 Å². The second kappa shape index (κ2) is 10.3. The summed E-state index contributed by atoms with van der Waals surface area (Å²) in [5.41, 5.74) is 3.39. The molecule has 0 radical (unpaired) electrons. The molecule has 6 nitrogen and oxygen atoms in total. The number of nitrogens with one attached hydrogen (secondary N) is 1. The predicted octanol–water partition coefficient (Wildman–Crippen LogP) is 5.36. The molecule has 0 unspecified atom stereocenters. The highest BCUT2D eigenvalue weighted by Crippen LogP contribution is 2.47. The maximum atomic E-state index is 14.3. The normalized spacial score (nSPS) is 22.8. The van der Waals surface area contributed by atoms with E-state index in [-0.39, 0.29) is 23.9 Å². The van der Waals surface area contributed by atoms with E-state index in [1.807, 2.05) is 53.9 Å². The Hall–Kier alpha value is -3.16. The fourth-order valence-corrected chi connectivity index (χ4v) is 7.15. The van der Waals surface area contributed by atoms with E-state index in [0.717, 1.165) is 73.7 Å². The number of rotatable bonds is 5. The van der Waals surface area contributed by atoms with E-state index >= 15 is 0 Å². The number of piperazine rings is 1. The van der Waals surface area contributed by atoms with Crippen LogP contribution in [0.1, 0.15) is 58.4 Å². The van der Waals surface area contributed by atoms with Crippen molar-refractivity contribution in [1.29, 1.82) is 0 Å². The van der Waals surface area contributed by atoms with Crippen LogP contribution < -0.4 is 10.2 Å². The molecule has 0 bridgehead atoms. The molecule has 2 fully saturated rings. The van der Waals surface area contributed by atoms with E-state index in [2.05, 4.69) is 39.2 Å². The summed E-state index contributed by atoms with van der Waals surface area (Å²) in [7, 11) is 2.15. The third kappa shape index (κ3) is 4.55. The van der Waals surface area contributed by atoms with Gasteiger partial charge in [0.2, 0.25) is 5.91 Å². The van der Waals surface area contributed by atoms with Crippen LogP contribution in [0, 0.1) is 0 Å². The zero-order valence-electron chi connectivity index (χ0n) is 21.3. The standard InChI is InChI=1S/C30H34N4O2S/c1-32-16-18-33(19-17-32)25-14-7-6-13-24(25)31-29(35)27-22-11-4-5-12-23(22)30(36)34(21-9-2-3-10-21)28(27)26-15-8-20-37-26/h4-8,11-15,20-21,27-28H,2-3,9-10,16-19H2,1H3,(H,31,35)/t27-,28+/m0/s1. The first kappa shape index (κ1) is 24.2. The first-order valence-electron chi connectivity index (χ1n) is 13.4. The van der Waals surface area contributed by atoms with Crippen molar-refractivity contribution in [2.45, 2.75) is 43.7 Å². The largest absolute Gasteiger partial charge is 0.367 e. The Morgan fingerprint density at radius 2 is 1.65 bits per heavy atom. The van der Waals surface area contributed by atoms with Gasteiger partial charge in [-0.1, -0.05) is 49.2 Å². The minimum absolute atomic E-state index is 0.0528. The number of amides is 2. The van der Waals surface area contributed by atoms with Crippen LogP contribution >= 0.6 is 11.3 Å². The minimum atomic E-state index is -0.478. The van der Waals surface area contributed by atoms with Crippen molar-refractivity contribution < 1.29 is 9.59 Å². The molecule has 7 heteroatoms. The summed E-state index contributed by atoms with van der Waals surface area (Å²) in [6, 6.07) is 19.8. The van der Waals surface area contributed by atoms with Gasteiger partial charge in [0.05, 0.1) is 23.3 Å². The zero-order valence-corrected chi connectivity index (χ0v) is 22.1. The number of nitrogens with zero attached hydrogens (tertiary/aromatic N) is 3. The van der Waals surface area contributed by atoms with Crippen molar-refractivity contribution in [3.8, 4) is 0 Å². The van der Waals surface area contributed by atoms with Crippen molar-refractivity contribution >= 4 is 34.5 Å². The van der Waals surface area contributed by atoms with Gasteiger partial charge in [-0.15, -0.1) is 11.3 Å². The fraction of sp³-hybridized carbons (Fsp3) is 0.400. The van der Waals surface area contributed by atoms with Crippen LogP contribution in [0.15, 0.2) is 66.0 Å². The molecular formula is C30H34N4O2S. The lowest BCUT2D eigenvalue weighted by molar-refractivity contribution is -0.119. The van der Waals surface area contributed by atoms with Crippen molar-refractivity contribution in [2.24, 2.45) is 0 Å². The van der Waals surface area contributed by atoms with Gasteiger partial charge in [0.1, 0.15) is 0 Å². The first-order chi connectivity index (χ1) is 18.1. The maximum absolute atomic E-state index is 14.3. The van der Waals surface area contributed by atoms with Gasteiger partial charge in [-0.2, -0.15) is 0 Å². The zero-order chi connectivity index (χ0) is 25.4. The Bertz CT molecular complexity index is 1260. The monoisotopic (exact) mass is 514 g/mol. The molecule has 1 saturated carbocycles. The molecule has 1 saturated heterocycles. The fourth-order valence-electron chi connectivity index (χ4n) is 6.29. The van der Waals surface area contributed by atoms with Gasteiger partial charge in [-0.3, -0.25) is 9.59 Å². The molecule has 6 rings (SSSR count). The molecule has 192 valence electrons. The van der Waals surface area contributed by atoms with Crippen LogP contribution in [-0.4, -0.2) is 60.9 Å². The number of hydrogen-bond acceptors (Lipinski definition) is 5. The van der Waals surface area contributed by atoms with Gasteiger partial charge < -0.3 is 20.0 Å². The smallest absolute Gasteiger partial charge is 0.254 e. The molecule has 1 aromatic heterocycles. The van der Waals surface area contributed by atoms with E-state index in [1.165, 1.54) is 0 Å². The van der Waals surface area contributed by atoms with Crippen LogP contribution in [-0.2, 0) is 4.79 Å². The van der Waals surface area contributed by atoms with E-state index in [9.17, 15) is 9.59 Å². The van der Waals surface area contributed by atoms with Crippen LogP contribution in [0.5, 0.6) is 0 Å². The Kier molecular flexibility index (Phi) is 6.74. The van der Waals surface area contributed by atoms with Crippen LogP contribution in [0.4, 0.5) is 11.4 Å². The number of anilines is 2. The molecule has 3 aromatic rings. The Morgan fingerprint density at radius 1 is 0.919 bits per heavy atom. The van der Waals surface area contributed by atoms with Crippen LogP contribution in [0.2, 0.25) is 0 Å². The number of carbonyl (C=O) groups excluding carboxylic acids is 2. The number of thiophene rings is 1. The van der Waals surface area contributed by atoms with Gasteiger partial charge in [-0.25, -0.2) is 0 Å². The highest BCUT2D eigenvalue weighted by molar-refractivity contribution is 7.10. The van der Waals surface area contributed by atoms with Gasteiger partial charge in [0, 0.05) is 42.7 Å². The Morgan fingerprint density at radius 3 is 2.41 bits per heavy atom. The first-order valence-corrected chi connectivity index (χ1v) is 14.3. The third-order valence-electron chi connectivity index (χ3n) is 8.22. The second-order valence-electron chi connectivity index (χ2n) is 10.5. The van der Waals surface area contributed by atoms with Crippen molar-refractivity contribution in [2.75, 3.05) is 43.4 Å². The van der Waals surface area contributed by atoms with E-state index < -0.39 is 5.92 Å². The molecule has 3 aliphatic rings. The van der Waals surface area contributed by atoms with Crippen LogP contribution in [0.3, 0.4) is 0 Å². The lowest BCUT2D eigenvalue weighted by Gasteiger charge is -2.44. The summed E-state index contributed by atoms with van der Waals surface area (Å²) in [4.78, 5) is 36.0. The summed E-state index contributed by atoms with van der Waals surface area (Å²) in [5.74, 6) is -0.473. The number of fused-ring (bicyclic) bond motifs is 1. The van der Waals surface area contributed by atoms with Gasteiger partial charge in [0.15, 0.2) is 0 Å². The van der Waals surface area contributed by atoms with E-state index in [1.54, 1.807) is 11.3 Å². The molecule has 2 atom stereocenters. The lowest BCUT2D eigenvalue weighted by Crippen LogP contribution is -2.49. The van der Waals surface area contributed by atoms with Gasteiger partial charge in [0.25, 0.3) is 5.91 Å². The Balaban J connectivity index is 1.39. The average Bonchev–Trinajstić information content (AvgIpc) is 3.64. The van der Waals surface area contributed by atoms with E-state index in [0.29, 0.717) is 5.56 Å². The maximum Gasteiger partial charge on any atom is 0.254 e. The molecule has 1 N–H and O–H groups in total. The van der Waals surface area contributed by atoms with Gasteiger partial charge in [-0.05, 0) is 55.1 Å². The Labute approximate surface area is 222 Å². The summed E-state index contributed by atoms with van der Waals surface area (Å²) in [6.07, 6.45) is 4.25. The minimum Gasteiger partial charge on any atom is -0.367 e. The third-order valence-corrected chi connectivity index (χ3v) is 9.16. The number of para-hydroxylation sites is 2. The lowest BCUT2D eigenvalue weighted by atomic mass is 9.80. The molecular weight excluding hydrogens is 480 g/mol. The summed E-state index contributed by atoms with van der Waals surface area (Å²) >= 11 is 1.64. The number of benzene rings is 2. The average molecular weight is 515 g/mol. The van der Waals surface area contributed by atoms with Crippen LogP contribution in [0.25, 0.3) is 0 Å². The topological polar surface area (TPSA) is 55.9 Å². The quantitative estimate of drug-likeness (QED) is 0.498. The second-order valence-corrected chi connectivity index (χ2v) is 11.5. The van der Waals surface area contributed by atoms with Crippen molar-refractivity contribution in [3.63, 3.8) is 0 Å². The molecule has 2 amide bonds. The molecule has 3 heterocycles. The molecule has 2 aromatic carbocycles. The number of likely N-dealkylation sites (N-methyl/N-ethyl adjacent to an activating group) is 1. The highest BCUT2D eigenvalue weighted by Gasteiger charge is 2.47. The number of hydrogen-bond donors (Lipinski definition) is 1. The molecule has 37 heavy (non-hydrogen) atoms. The van der Waals surface area contributed by atoms with E-state index in [4.69, 9.17) is 0 Å². The van der Waals surface area contributed by atoms with Crippen molar-refractivity contribution in [1.82, 2.24) is 9.80 Å².